The maximum absolute atomic E-state index is 2.39. The van der Waals surface area contributed by atoms with Gasteiger partial charge in [0.2, 0.25) is 0 Å². The number of hydrogen-bond donors (Lipinski definition) is 0. The molecule has 0 saturated heterocycles. The molecule has 0 aromatic rings. The summed E-state index contributed by atoms with van der Waals surface area (Å²) in [5.74, 6) is 0.974. The van der Waals surface area contributed by atoms with Crippen LogP contribution < -0.4 is 0 Å². The summed E-state index contributed by atoms with van der Waals surface area (Å²) in [7, 11) is 0.680. The summed E-state index contributed by atoms with van der Waals surface area (Å²) in [5.41, 5.74) is 0. The molecular weight excluding hydrogens is 158 g/mol. The third kappa shape index (κ3) is 6.97. The van der Waals surface area contributed by atoms with Crippen LogP contribution in [0.5, 0.6) is 0 Å². The molecule has 2 heteroatoms. The van der Waals surface area contributed by atoms with E-state index in [1.54, 1.807) is 0 Å². The summed E-state index contributed by atoms with van der Waals surface area (Å²) < 4.78 is 0. The van der Waals surface area contributed by atoms with Crippen LogP contribution in [0, 0.1) is 5.92 Å². The molecule has 0 aromatic heterocycles. The molecule has 0 nitrogen and oxygen atoms in total. The van der Waals surface area contributed by atoms with E-state index in [-0.39, 0.29) is 0 Å². The molecule has 0 spiro atoms. The molecule has 10 heavy (non-hydrogen) atoms. The second-order valence-corrected chi connectivity index (χ2v) is 8.68. The normalized spacial score (nSPS) is 12.0. The van der Waals surface area contributed by atoms with Crippen LogP contribution in [-0.4, -0.2) is 39.0 Å². The smallest absolute Gasteiger partial charge is 0.0302 e. The van der Waals surface area contributed by atoms with Crippen molar-refractivity contribution < 1.29 is 0 Å². The van der Waals surface area contributed by atoms with Crippen LogP contribution in [0.2, 0.25) is 0 Å². The highest BCUT2D eigenvalue weighted by molar-refractivity contribution is 7.57. The van der Waals surface area contributed by atoms with Gasteiger partial charge in [-0.2, -0.15) is 0 Å². The van der Waals surface area contributed by atoms with E-state index in [2.05, 4.69) is 33.6 Å². The summed E-state index contributed by atoms with van der Waals surface area (Å²) >= 11 is 0. The van der Waals surface area contributed by atoms with E-state index in [0.717, 1.165) is 5.92 Å². The lowest BCUT2D eigenvalue weighted by molar-refractivity contribution is 0.755. The monoisotopic (exact) mass is 178 g/mol. The molecule has 0 bridgehead atoms. The van der Waals surface area contributed by atoms with Crippen molar-refractivity contribution in [3.8, 4) is 0 Å². The van der Waals surface area contributed by atoms with Crippen LogP contribution in [0.1, 0.15) is 6.92 Å². The van der Waals surface area contributed by atoms with Crippen molar-refractivity contribution in [2.75, 3.05) is 39.0 Å². The van der Waals surface area contributed by atoms with E-state index in [0.29, 0.717) is 15.8 Å². The van der Waals surface area contributed by atoms with Crippen LogP contribution >= 0.6 is 15.8 Å². The molecule has 0 rings (SSSR count). The zero-order valence-corrected chi connectivity index (χ0v) is 9.67. The molecule has 0 aromatic carbocycles. The molecular formula is C8H20P2. The van der Waals surface area contributed by atoms with E-state index in [4.69, 9.17) is 0 Å². The average Bonchev–Trinajstić information content (AvgIpc) is 1.58. The van der Waals surface area contributed by atoms with Gasteiger partial charge in [0.15, 0.2) is 0 Å². The first-order valence-corrected chi connectivity index (χ1v) is 8.66. The molecule has 0 saturated carbocycles. The molecule has 0 aliphatic heterocycles. The van der Waals surface area contributed by atoms with Crippen LogP contribution in [0.4, 0.5) is 0 Å². The van der Waals surface area contributed by atoms with E-state index in [1.165, 1.54) is 12.3 Å². The first kappa shape index (κ1) is 10.9. The van der Waals surface area contributed by atoms with Crippen LogP contribution in [0.15, 0.2) is 0 Å². The van der Waals surface area contributed by atoms with Crippen molar-refractivity contribution >= 4 is 15.8 Å². The van der Waals surface area contributed by atoms with Crippen LogP contribution in [0.3, 0.4) is 0 Å². The Morgan fingerprint density at radius 3 is 1.40 bits per heavy atom. The maximum Gasteiger partial charge on any atom is -0.0302 e. The van der Waals surface area contributed by atoms with Gasteiger partial charge in [0, 0.05) is 0 Å². The van der Waals surface area contributed by atoms with Gasteiger partial charge in [-0.1, -0.05) is 6.92 Å². The molecule has 0 N–H and O–H groups in total. The highest BCUT2D eigenvalue weighted by Crippen LogP contribution is 2.34. The maximum atomic E-state index is 2.39. The van der Waals surface area contributed by atoms with Gasteiger partial charge in [-0.15, -0.1) is 15.8 Å². The van der Waals surface area contributed by atoms with Gasteiger partial charge in [0.1, 0.15) is 0 Å². The largest absolute Gasteiger partial charge is 0.113 e. The Hall–Kier alpha value is 0.860. The topological polar surface area (TPSA) is 0 Å². The quantitative estimate of drug-likeness (QED) is 0.580. The molecule has 0 aliphatic rings. The molecule has 0 heterocycles. The van der Waals surface area contributed by atoms with Gasteiger partial charge in [0.05, 0.1) is 0 Å². The summed E-state index contributed by atoms with van der Waals surface area (Å²) in [6.07, 6.45) is 2.94. The number of hydrogen-bond acceptors (Lipinski definition) is 0. The predicted molar refractivity (Wildman–Crippen MR) is 56.4 cm³/mol. The third-order valence-electron chi connectivity index (χ3n) is 1.35. The van der Waals surface area contributed by atoms with Gasteiger partial charge < -0.3 is 0 Å². The Morgan fingerprint density at radius 2 is 1.20 bits per heavy atom. The van der Waals surface area contributed by atoms with Crippen molar-refractivity contribution in [2.24, 2.45) is 5.92 Å². The summed E-state index contributed by atoms with van der Waals surface area (Å²) in [4.78, 5) is 0. The second-order valence-electron chi connectivity index (χ2n) is 3.63. The summed E-state index contributed by atoms with van der Waals surface area (Å²) in [6.45, 7) is 11.9. The minimum Gasteiger partial charge on any atom is -0.113 e. The van der Waals surface area contributed by atoms with E-state index in [9.17, 15) is 0 Å². The highest BCUT2D eigenvalue weighted by Gasteiger charge is 2.05. The molecule has 0 unspecified atom stereocenters. The van der Waals surface area contributed by atoms with Gasteiger partial charge in [0.25, 0.3) is 0 Å². The fourth-order valence-electron chi connectivity index (χ4n) is 1.30. The first-order chi connectivity index (χ1) is 4.52. The Labute approximate surface area is 68.3 Å². The molecule has 0 aliphatic carbocycles. The lowest BCUT2D eigenvalue weighted by Gasteiger charge is -2.16. The zero-order chi connectivity index (χ0) is 8.15. The zero-order valence-electron chi connectivity index (χ0n) is 7.89. The van der Waals surface area contributed by atoms with Crippen molar-refractivity contribution in [3.05, 3.63) is 0 Å². The fourth-order valence-corrected chi connectivity index (χ4v) is 4.26. The van der Waals surface area contributed by atoms with Crippen molar-refractivity contribution in [1.29, 1.82) is 0 Å². The molecule has 0 fully saturated rings. The fraction of sp³-hybridized carbons (Fsp3) is 1.00. The van der Waals surface area contributed by atoms with Crippen molar-refractivity contribution in [3.63, 3.8) is 0 Å². The predicted octanol–water partition coefficient (Wildman–Crippen LogP) is 3.11. The highest BCUT2D eigenvalue weighted by atomic mass is 31.1. The van der Waals surface area contributed by atoms with E-state index in [1.807, 2.05) is 0 Å². The summed E-state index contributed by atoms with van der Waals surface area (Å²) in [6, 6.07) is 0. The standard InChI is InChI=1S/C8H20P2/c1-8(6-9(2)3)7-10(4)5/h8H,6-7H2,1-5H3. The Balaban J connectivity index is 3.34. The van der Waals surface area contributed by atoms with Crippen molar-refractivity contribution in [1.82, 2.24) is 0 Å². The lowest BCUT2D eigenvalue weighted by atomic mass is 10.3. The average molecular weight is 178 g/mol. The van der Waals surface area contributed by atoms with Gasteiger partial charge in [-0.05, 0) is 44.9 Å². The first-order valence-electron chi connectivity index (χ1n) is 3.82. The Kier molecular flexibility index (Phi) is 5.98. The Morgan fingerprint density at radius 1 is 0.900 bits per heavy atom. The molecule has 0 atom stereocenters. The van der Waals surface area contributed by atoms with Crippen molar-refractivity contribution in [2.45, 2.75) is 6.92 Å². The minimum atomic E-state index is 0.340. The van der Waals surface area contributed by atoms with Gasteiger partial charge in [-0.3, -0.25) is 0 Å². The van der Waals surface area contributed by atoms with E-state index < -0.39 is 0 Å². The molecule has 0 radical (unpaired) electrons. The van der Waals surface area contributed by atoms with Crippen LogP contribution in [0.25, 0.3) is 0 Å². The minimum absolute atomic E-state index is 0.340. The molecule has 62 valence electrons. The molecule has 0 amide bonds. The van der Waals surface area contributed by atoms with Gasteiger partial charge in [-0.25, -0.2) is 0 Å². The van der Waals surface area contributed by atoms with Crippen LogP contribution in [-0.2, 0) is 0 Å². The second kappa shape index (κ2) is 5.50. The SMILES string of the molecule is CC(CP(C)C)CP(C)C. The number of rotatable bonds is 4. The third-order valence-corrected chi connectivity index (χ3v) is 4.06. The lowest BCUT2D eigenvalue weighted by Crippen LogP contribution is -2.03. The van der Waals surface area contributed by atoms with E-state index >= 15 is 0 Å². The Bertz CT molecular complexity index is 69.3. The summed E-state index contributed by atoms with van der Waals surface area (Å²) in [5, 5.41) is 0. The van der Waals surface area contributed by atoms with Gasteiger partial charge >= 0.3 is 0 Å².